The molecule has 6 heteroatoms. The fourth-order valence-corrected chi connectivity index (χ4v) is 2.79. The van der Waals surface area contributed by atoms with E-state index in [1.165, 1.54) is 12.2 Å². The molecule has 84 valence electrons. The van der Waals surface area contributed by atoms with Crippen LogP contribution in [-0.2, 0) is 9.63 Å². The number of carbonyl (C=O) groups excluding carboxylic acids is 1. The first kappa shape index (κ1) is 10.2. The molecule has 2 N–H and O–H groups in total. The van der Waals surface area contributed by atoms with Gasteiger partial charge in [0.05, 0.1) is 12.5 Å². The summed E-state index contributed by atoms with van der Waals surface area (Å²) in [6, 6.07) is 0. The van der Waals surface area contributed by atoms with Crippen LogP contribution in [0, 0.1) is 5.41 Å². The summed E-state index contributed by atoms with van der Waals surface area (Å²) >= 11 is 0. The number of nitrogens with zero attached hydrogens (tertiary/aromatic N) is 1. The number of hydrogen-bond acceptors (Lipinski definition) is 3. The van der Waals surface area contributed by atoms with Crippen LogP contribution in [0.15, 0.2) is 0 Å². The molecule has 2 bridgehead atoms. The van der Waals surface area contributed by atoms with E-state index in [-0.39, 0.29) is 16.9 Å². The highest BCUT2D eigenvalue weighted by Crippen LogP contribution is 2.67. The Kier molecular flexibility index (Phi) is 1.94. The number of hydroxylamine groups is 2. The van der Waals surface area contributed by atoms with Crippen LogP contribution in [0.3, 0.4) is 0 Å². The van der Waals surface area contributed by atoms with Gasteiger partial charge in [0.15, 0.2) is 0 Å². The van der Waals surface area contributed by atoms with Crippen molar-refractivity contribution in [1.82, 2.24) is 10.4 Å². The first-order valence-corrected chi connectivity index (χ1v) is 4.76. The highest BCUT2D eigenvalue weighted by molar-refractivity contribution is 5.87. The Morgan fingerprint density at radius 1 is 1.40 bits per heavy atom. The Labute approximate surface area is 87.1 Å². The first-order valence-electron chi connectivity index (χ1n) is 4.76. The molecule has 0 unspecified atom stereocenters. The van der Waals surface area contributed by atoms with Crippen LogP contribution in [0.2, 0.25) is 0 Å². The zero-order valence-corrected chi connectivity index (χ0v) is 8.74. The van der Waals surface area contributed by atoms with Gasteiger partial charge < -0.3 is 10.4 Å². The van der Waals surface area contributed by atoms with Crippen molar-refractivity contribution in [2.75, 3.05) is 14.2 Å². The van der Waals surface area contributed by atoms with E-state index >= 15 is 0 Å². The van der Waals surface area contributed by atoms with Crippen molar-refractivity contribution in [3.63, 3.8) is 0 Å². The van der Waals surface area contributed by atoms with Crippen LogP contribution >= 0.6 is 0 Å². The van der Waals surface area contributed by atoms with Crippen LogP contribution in [0.1, 0.15) is 19.3 Å². The standard InChI is InChI=1S/C9H14N2O4/c1-11(15-2)6(12)8-3-9(4-8,5-8)10-7(13)14/h10H,3-5H2,1-2H3,(H,13,14). The molecule has 3 aliphatic rings. The SMILES string of the molecule is CON(C)C(=O)C12CC(NC(=O)O)(C1)C2. The van der Waals surface area contributed by atoms with E-state index < -0.39 is 6.09 Å². The van der Waals surface area contributed by atoms with Gasteiger partial charge in [-0.15, -0.1) is 0 Å². The van der Waals surface area contributed by atoms with Gasteiger partial charge >= 0.3 is 6.09 Å². The Morgan fingerprint density at radius 3 is 2.33 bits per heavy atom. The number of amides is 2. The van der Waals surface area contributed by atoms with Crippen LogP contribution in [0.5, 0.6) is 0 Å². The van der Waals surface area contributed by atoms with Gasteiger partial charge in [-0.2, -0.15) is 0 Å². The Hall–Kier alpha value is -1.30. The summed E-state index contributed by atoms with van der Waals surface area (Å²) in [6.45, 7) is 0. The van der Waals surface area contributed by atoms with Gasteiger partial charge in [0, 0.05) is 12.6 Å². The fourth-order valence-electron chi connectivity index (χ4n) is 2.79. The second-order valence-corrected chi connectivity index (χ2v) is 4.51. The number of carbonyl (C=O) groups is 2. The largest absolute Gasteiger partial charge is 0.465 e. The summed E-state index contributed by atoms with van der Waals surface area (Å²) in [7, 11) is 3.01. The number of carboxylic acid groups (broad SMARTS) is 1. The third kappa shape index (κ3) is 1.28. The minimum absolute atomic E-state index is 0.0564. The van der Waals surface area contributed by atoms with E-state index in [2.05, 4.69) is 5.32 Å². The molecule has 3 fully saturated rings. The van der Waals surface area contributed by atoms with Crippen molar-refractivity contribution in [2.24, 2.45) is 5.41 Å². The molecular weight excluding hydrogens is 200 g/mol. The molecule has 0 heterocycles. The van der Waals surface area contributed by atoms with Crippen molar-refractivity contribution in [3.8, 4) is 0 Å². The number of hydrogen-bond donors (Lipinski definition) is 2. The van der Waals surface area contributed by atoms with Crippen molar-refractivity contribution in [1.29, 1.82) is 0 Å². The van der Waals surface area contributed by atoms with Crippen LogP contribution in [0.4, 0.5) is 4.79 Å². The van der Waals surface area contributed by atoms with Gasteiger partial charge in [-0.25, -0.2) is 9.86 Å². The maximum Gasteiger partial charge on any atom is 0.405 e. The summed E-state index contributed by atoms with van der Waals surface area (Å²) in [4.78, 5) is 27.1. The summed E-state index contributed by atoms with van der Waals surface area (Å²) < 4.78 is 0. The molecule has 0 aromatic heterocycles. The maximum atomic E-state index is 11.8. The predicted molar refractivity (Wildman–Crippen MR) is 50.0 cm³/mol. The highest BCUT2D eigenvalue weighted by Gasteiger charge is 2.73. The zero-order valence-electron chi connectivity index (χ0n) is 8.74. The molecule has 0 aliphatic heterocycles. The van der Waals surface area contributed by atoms with E-state index in [1.54, 1.807) is 7.05 Å². The van der Waals surface area contributed by atoms with E-state index in [1.807, 2.05) is 0 Å². The van der Waals surface area contributed by atoms with Crippen molar-refractivity contribution < 1.29 is 19.5 Å². The van der Waals surface area contributed by atoms with Gasteiger partial charge in [0.25, 0.3) is 5.91 Å². The highest BCUT2D eigenvalue weighted by atomic mass is 16.7. The minimum Gasteiger partial charge on any atom is -0.465 e. The topological polar surface area (TPSA) is 78.9 Å². The summed E-state index contributed by atoms with van der Waals surface area (Å²) in [5, 5.41) is 12.3. The zero-order chi connectivity index (χ0) is 11.3. The monoisotopic (exact) mass is 214 g/mol. The molecular formula is C9H14N2O4. The molecule has 0 aromatic rings. The predicted octanol–water partition coefficient (Wildman–Crippen LogP) is 0.196. The smallest absolute Gasteiger partial charge is 0.405 e. The maximum absolute atomic E-state index is 11.8. The Bertz CT molecular complexity index is 308. The molecule has 0 radical (unpaired) electrons. The molecule has 0 aromatic carbocycles. The molecule has 0 saturated heterocycles. The molecule has 0 spiro atoms. The van der Waals surface area contributed by atoms with Crippen molar-refractivity contribution >= 4 is 12.0 Å². The van der Waals surface area contributed by atoms with E-state index in [4.69, 9.17) is 9.94 Å². The molecule has 3 rings (SSSR count). The van der Waals surface area contributed by atoms with Gasteiger partial charge in [-0.3, -0.25) is 9.63 Å². The average Bonchev–Trinajstić information content (AvgIpc) is 2.05. The lowest BCUT2D eigenvalue weighted by Gasteiger charge is -2.68. The van der Waals surface area contributed by atoms with Crippen LogP contribution < -0.4 is 5.32 Å². The Morgan fingerprint density at radius 2 is 1.93 bits per heavy atom. The molecule has 15 heavy (non-hydrogen) atoms. The third-order valence-corrected chi connectivity index (χ3v) is 3.42. The number of nitrogens with one attached hydrogen (secondary N) is 1. The average molecular weight is 214 g/mol. The molecule has 0 atom stereocenters. The van der Waals surface area contributed by atoms with Crippen LogP contribution in [-0.4, -0.2) is 41.9 Å². The normalized spacial score (nSPS) is 36.1. The summed E-state index contributed by atoms with van der Waals surface area (Å²) in [6.07, 6.45) is 0.770. The van der Waals surface area contributed by atoms with E-state index in [0.717, 1.165) is 0 Å². The lowest BCUT2D eigenvalue weighted by molar-refractivity contribution is -0.219. The lowest BCUT2D eigenvalue weighted by atomic mass is 9.39. The molecule has 3 aliphatic carbocycles. The number of rotatable bonds is 3. The summed E-state index contributed by atoms with van der Waals surface area (Å²) in [5.74, 6) is -0.0564. The van der Waals surface area contributed by atoms with E-state index in [0.29, 0.717) is 19.3 Å². The molecule has 3 saturated carbocycles. The third-order valence-electron chi connectivity index (χ3n) is 3.42. The first-order chi connectivity index (χ1) is 6.93. The van der Waals surface area contributed by atoms with Crippen LogP contribution in [0.25, 0.3) is 0 Å². The van der Waals surface area contributed by atoms with Gasteiger partial charge in [-0.05, 0) is 19.3 Å². The fraction of sp³-hybridized carbons (Fsp3) is 0.778. The van der Waals surface area contributed by atoms with Crippen molar-refractivity contribution in [2.45, 2.75) is 24.8 Å². The van der Waals surface area contributed by atoms with E-state index in [9.17, 15) is 9.59 Å². The second-order valence-electron chi connectivity index (χ2n) is 4.51. The molecule has 6 nitrogen and oxygen atoms in total. The van der Waals surface area contributed by atoms with Gasteiger partial charge in [-0.1, -0.05) is 0 Å². The quantitative estimate of drug-likeness (QED) is 0.657. The minimum atomic E-state index is -1.02. The molecule has 2 amide bonds. The van der Waals surface area contributed by atoms with Crippen molar-refractivity contribution in [3.05, 3.63) is 0 Å². The second kappa shape index (κ2) is 2.85. The lowest BCUT2D eigenvalue weighted by Crippen LogP contribution is -2.78. The Balaban J connectivity index is 1.92. The van der Waals surface area contributed by atoms with Gasteiger partial charge in [0.1, 0.15) is 0 Å². The summed E-state index contributed by atoms with van der Waals surface area (Å²) in [5.41, 5.74) is -0.705. The van der Waals surface area contributed by atoms with Gasteiger partial charge in [0.2, 0.25) is 0 Å².